The Kier molecular flexibility index (Phi) is 4.04. The summed E-state index contributed by atoms with van der Waals surface area (Å²) in [6.45, 7) is 0. The maximum Gasteiger partial charge on any atom is 0.328 e. The van der Waals surface area contributed by atoms with Crippen LogP contribution in [0.15, 0.2) is 42.0 Å². The fraction of sp³-hybridized carbons (Fsp3) is 0. The maximum atomic E-state index is 11.9. The van der Waals surface area contributed by atoms with Crippen molar-refractivity contribution in [1.82, 2.24) is 4.98 Å². The Balaban J connectivity index is 2.06. The number of pyridine rings is 1. The summed E-state index contributed by atoms with van der Waals surface area (Å²) >= 11 is 1.31. The zero-order valence-electron chi connectivity index (χ0n) is 9.74. The van der Waals surface area contributed by atoms with E-state index >= 15 is 0 Å². The molecule has 2 aromatic heterocycles. The molecular weight excluding hydrogens is 264 g/mol. The van der Waals surface area contributed by atoms with Crippen LogP contribution >= 0.6 is 11.3 Å². The molecule has 0 aliphatic heterocycles. The normalized spacial score (nSPS) is 10.5. The van der Waals surface area contributed by atoms with Crippen molar-refractivity contribution in [2.45, 2.75) is 0 Å². The molecule has 0 aliphatic carbocycles. The van der Waals surface area contributed by atoms with Gasteiger partial charge in [-0.1, -0.05) is 0 Å². The molecular formula is C13H10N2O3S. The van der Waals surface area contributed by atoms with Gasteiger partial charge >= 0.3 is 5.97 Å². The lowest BCUT2D eigenvalue weighted by atomic mass is 10.2. The first kappa shape index (κ1) is 13.0. The Labute approximate surface area is 113 Å². The second kappa shape index (κ2) is 5.92. The minimum Gasteiger partial charge on any atom is -0.478 e. The first-order valence-corrected chi connectivity index (χ1v) is 6.24. The van der Waals surface area contributed by atoms with Gasteiger partial charge in [0.05, 0.1) is 5.56 Å². The number of amides is 1. The highest BCUT2D eigenvalue weighted by molar-refractivity contribution is 7.11. The van der Waals surface area contributed by atoms with Gasteiger partial charge in [-0.3, -0.25) is 9.78 Å². The fourth-order valence-corrected chi connectivity index (χ4v) is 2.13. The molecule has 19 heavy (non-hydrogen) atoms. The molecule has 5 nitrogen and oxygen atoms in total. The quantitative estimate of drug-likeness (QED) is 0.839. The van der Waals surface area contributed by atoms with E-state index in [1.54, 1.807) is 36.0 Å². The summed E-state index contributed by atoms with van der Waals surface area (Å²) in [4.78, 5) is 26.9. The fourth-order valence-electron chi connectivity index (χ4n) is 1.35. The summed E-state index contributed by atoms with van der Waals surface area (Å²) in [6, 6.07) is 5.02. The van der Waals surface area contributed by atoms with Crippen LogP contribution in [-0.2, 0) is 4.79 Å². The van der Waals surface area contributed by atoms with Gasteiger partial charge in [-0.15, -0.1) is 11.3 Å². The lowest BCUT2D eigenvalue weighted by Crippen LogP contribution is -2.10. The van der Waals surface area contributed by atoms with Gasteiger partial charge in [0.25, 0.3) is 5.91 Å². The highest BCUT2D eigenvalue weighted by Gasteiger charge is 2.08. The van der Waals surface area contributed by atoms with E-state index in [0.717, 1.165) is 6.08 Å². The molecule has 2 N–H and O–H groups in total. The molecule has 96 valence electrons. The van der Waals surface area contributed by atoms with E-state index in [-0.39, 0.29) is 5.91 Å². The first-order valence-electron chi connectivity index (χ1n) is 5.36. The molecule has 0 saturated heterocycles. The summed E-state index contributed by atoms with van der Waals surface area (Å²) in [5.41, 5.74) is 1.15. The molecule has 2 aromatic rings. The Hall–Kier alpha value is -2.47. The molecule has 0 aromatic carbocycles. The van der Waals surface area contributed by atoms with Crippen LogP contribution in [0.5, 0.6) is 0 Å². The number of anilines is 1. The van der Waals surface area contributed by atoms with E-state index in [9.17, 15) is 9.59 Å². The van der Waals surface area contributed by atoms with Crippen molar-refractivity contribution in [2.24, 2.45) is 0 Å². The Morgan fingerprint density at radius 1 is 1.32 bits per heavy atom. The number of thiophene rings is 1. The standard InChI is InChI=1S/C13H10N2O3S/c16-12(17)2-1-11-7-9(8-19-11)13(18)15-10-3-5-14-6-4-10/h1-8H,(H,16,17)(H,14,15,18). The van der Waals surface area contributed by atoms with Crippen LogP contribution in [-0.4, -0.2) is 22.0 Å². The third kappa shape index (κ3) is 3.75. The monoisotopic (exact) mass is 274 g/mol. The number of carboxylic acid groups (broad SMARTS) is 1. The van der Waals surface area contributed by atoms with E-state index in [0.29, 0.717) is 16.1 Å². The van der Waals surface area contributed by atoms with Crippen molar-refractivity contribution in [3.63, 3.8) is 0 Å². The van der Waals surface area contributed by atoms with Crippen molar-refractivity contribution in [2.75, 3.05) is 5.32 Å². The van der Waals surface area contributed by atoms with Crippen LogP contribution in [0, 0.1) is 0 Å². The van der Waals surface area contributed by atoms with Gasteiger partial charge in [0.2, 0.25) is 0 Å². The third-order valence-electron chi connectivity index (χ3n) is 2.21. The summed E-state index contributed by atoms with van der Waals surface area (Å²) in [5.74, 6) is -1.26. The second-order valence-electron chi connectivity index (χ2n) is 3.60. The second-order valence-corrected chi connectivity index (χ2v) is 4.54. The van der Waals surface area contributed by atoms with Crippen molar-refractivity contribution in [3.8, 4) is 0 Å². The molecule has 0 spiro atoms. The number of carboxylic acids is 1. The van der Waals surface area contributed by atoms with Gasteiger partial charge in [0.15, 0.2) is 0 Å². The Morgan fingerprint density at radius 3 is 2.74 bits per heavy atom. The maximum absolute atomic E-state index is 11.9. The highest BCUT2D eigenvalue weighted by Crippen LogP contribution is 2.17. The Bertz CT molecular complexity index is 620. The molecule has 2 heterocycles. The first-order chi connectivity index (χ1) is 9.15. The molecule has 0 bridgehead atoms. The lowest BCUT2D eigenvalue weighted by molar-refractivity contribution is -0.131. The van der Waals surface area contributed by atoms with Crippen LogP contribution in [0.1, 0.15) is 15.2 Å². The number of aromatic nitrogens is 1. The molecule has 0 saturated carbocycles. The molecule has 2 rings (SSSR count). The van der Waals surface area contributed by atoms with Gasteiger partial charge in [0.1, 0.15) is 0 Å². The number of rotatable bonds is 4. The van der Waals surface area contributed by atoms with Crippen LogP contribution in [0.4, 0.5) is 5.69 Å². The molecule has 0 aliphatic rings. The molecule has 6 heteroatoms. The minimum atomic E-state index is -1.02. The number of nitrogens with one attached hydrogen (secondary N) is 1. The van der Waals surface area contributed by atoms with Crippen LogP contribution in [0.3, 0.4) is 0 Å². The van der Waals surface area contributed by atoms with Crippen LogP contribution < -0.4 is 5.32 Å². The third-order valence-corrected chi connectivity index (χ3v) is 3.11. The summed E-state index contributed by atoms with van der Waals surface area (Å²) in [6.07, 6.45) is 5.67. The average molecular weight is 274 g/mol. The number of aliphatic carboxylic acids is 1. The van der Waals surface area contributed by atoms with E-state index in [2.05, 4.69) is 10.3 Å². The van der Waals surface area contributed by atoms with Crippen molar-refractivity contribution >= 4 is 35.0 Å². The van der Waals surface area contributed by atoms with Crippen LogP contribution in [0.2, 0.25) is 0 Å². The summed E-state index contributed by atoms with van der Waals surface area (Å²) in [7, 11) is 0. The topological polar surface area (TPSA) is 79.3 Å². The van der Waals surface area contributed by atoms with Gasteiger partial charge < -0.3 is 10.4 Å². The highest BCUT2D eigenvalue weighted by atomic mass is 32.1. The zero-order chi connectivity index (χ0) is 13.7. The van der Waals surface area contributed by atoms with E-state index in [1.165, 1.54) is 17.4 Å². The number of hydrogen-bond acceptors (Lipinski definition) is 4. The van der Waals surface area contributed by atoms with Gasteiger partial charge in [-0.25, -0.2) is 4.79 Å². The van der Waals surface area contributed by atoms with Gasteiger partial charge in [-0.05, 0) is 24.3 Å². The number of carbonyl (C=O) groups excluding carboxylic acids is 1. The number of nitrogens with zero attached hydrogens (tertiary/aromatic N) is 1. The van der Waals surface area contributed by atoms with E-state index < -0.39 is 5.97 Å². The van der Waals surface area contributed by atoms with E-state index in [1.807, 2.05) is 0 Å². The van der Waals surface area contributed by atoms with Crippen molar-refractivity contribution in [1.29, 1.82) is 0 Å². The SMILES string of the molecule is O=C(O)C=Cc1cc(C(=O)Nc2ccncc2)cs1. The average Bonchev–Trinajstić information content (AvgIpc) is 2.86. The summed E-state index contributed by atoms with van der Waals surface area (Å²) in [5, 5.41) is 12.9. The van der Waals surface area contributed by atoms with Crippen LogP contribution in [0.25, 0.3) is 6.08 Å². The lowest BCUT2D eigenvalue weighted by Gasteiger charge is -2.01. The van der Waals surface area contributed by atoms with Gasteiger partial charge in [0, 0.05) is 34.4 Å². The van der Waals surface area contributed by atoms with Gasteiger partial charge in [-0.2, -0.15) is 0 Å². The zero-order valence-corrected chi connectivity index (χ0v) is 10.6. The van der Waals surface area contributed by atoms with E-state index in [4.69, 9.17) is 5.11 Å². The number of carbonyl (C=O) groups is 2. The van der Waals surface area contributed by atoms with Crippen molar-refractivity contribution in [3.05, 3.63) is 52.5 Å². The predicted octanol–water partition coefficient (Wildman–Crippen LogP) is 2.49. The smallest absolute Gasteiger partial charge is 0.328 e. The molecule has 0 unspecified atom stereocenters. The Morgan fingerprint density at radius 2 is 2.05 bits per heavy atom. The molecule has 0 radical (unpaired) electrons. The minimum absolute atomic E-state index is 0.238. The molecule has 1 amide bonds. The molecule has 0 fully saturated rings. The summed E-state index contributed by atoms with van der Waals surface area (Å²) < 4.78 is 0. The molecule has 0 atom stereocenters. The predicted molar refractivity (Wildman–Crippen MR) is 73.2 cm³/mol. The number of hydrogen-bond donors (Lipinski definition) is 2. The van der Waals surface area contributed by atoms with Crippen molar-refractivity contribution < 1.29 is 14.7 Å². The largest absolute Gasteiger partial charge is 0.478 e.